The number of non-ortho nitro benzene ring substituents is 1. The Morgan fingerprint density at radius 2 is 1.69 bits per heavy atom. The van der Waals surface area contributed by atoms with E-state index in [0.717, 1.165) is 17.2 Å². The van der Waals surface area contributed by atoms with E-state index in [4.69, 9.17) is 9.47 Å². The van der Waals surface area contributed by atoms with Crippen LogP contribution in [0.15, 0.2) is 78.9 Å². The van der Waals surface area contributed by atoms with Gasteiger partial charge in [-0.25, -0.2) is 4.79 Å². The molecule has 32 heavy (non-hydrogen) atoms. The second-order valence-electron chi connectivity index (χ2n) is 6.98. The summed E-state index contributed by atoms with van der Waals surface area (Å²) in [6, 6.07) is 21.2. The van der Waals surface area contributed by atoms with E-state index in [9.17, 15) is 19.7 Å². The summed E-state index contributed by atoms with van der Waals surface area (Å²) in [5, 5.41) is 13.6. The summed E-state index contributed by atoms with van der Waals surface area (Å²) < 4.78 is 10.6. The Morgan fingerprint density at radius 3 is 2.41 bits per heavy atom. The highest BCUT2D eigenvalue weighted by molar-refractivity contribution is 5.97. The lowest BCUT2D eigenvalue weighted by Crippen LogP contribution is -2.43. The van der Waals surface area contributed by atoms with Crippen LogP contribution in [0.5, 0.6) is 5.75 Å². The minimum absolute atomic E-state index is 0.0769. The summed E-state index contributed by atoms with van der Waals surface area (Å²) in [6.07, 6.45) is 0.163. The number of carbonyl (C=O) groups excluding carboxylic acids is 2. The van der Waals surface area contributed by atoms with Gasteiger partial charge < -0.3 is 14.8 Å². The van der Waals surface area contributed by atoms with Gasteiger partial charge in [0.25, 0.3) is 11.6 Å². The lowest BCUT2D eigenvalue weighted by Gasteiger charge is -2.17. The van der Waals surface area contributed by atoms with Gasteiger partial charge in [0.1, 0.15) is 18.4 Å². The third kappa shape index (κ3) is 6.15. The summed E-state index contributed by atoms with van der Waals surface area (Å²) in [6.45, 7) is 0.397. The van der Waals surface area contributed by atoms with Gasteiger partial charge >= 0.3 is 5.97 Å². The third-order valence-corrected chi connectivity index (χ3v) is 4.70. The number of benzene rings is 3. The van der Waals surface area contributed by atoms with Crippen LogP contribution in [0, 0.1) is 10.1 Å². The average Bonchev–Trinajstić information content (AvgIpc) is 2.82. The molecule has 0 bridgehead atoms. The van der Waals surface area contributed by atoms with Crippen molar-refractivity contribution in [3.63, 3.8) is 0 Å². The predicted octanol–water partition coefficient (Wildman–Crippen LogP) is 3.69. The molecule has 0 aliphatic rings. The van der Waals surface area contributed by atoms with E-state index in [2.05, 4.69) is 5.32 Å². The fourth-order valence-electron chi connectivity index (χ4n) is 3.08. The molecule has 0 aliphatic heterocycles. The number of carbonyl (C=O) groups is 2. The highest BCUT2D eigenvalue weighted by Crippen LogP contribution is 2.18. The number of nitrogens with one attached hydrogen (secondary N) is 1. The monoisotopic (exact) mass is 434 g/mol. The quantitative estimate of drug-likeness (QED) is 0.313. The number of methoxy groups -OCH3 is 1. The molecule has 3 aromatic rings. The molecule has 0 fully saturated rings. The second-order valence-corrected chi connectivity index (χ2v) is 6.98. The van der Waals surface area contributed by atoms with Gasteiger partial charge in [0.05, 0.1) is 12.0 Å². The van der Waals surface area contributed by atoms with E-state index in [1.54, 1.807) is 18.2 Å². The van der Waals surface area contributed by atoms with Crippen LogP contribution < -0.4 is 10.1 Å². The molecule has 0 radical (unpaired) electrons. The first-order valence-corrected chi connectivity index (χ1v) is 9.85. The van der Waals surface area contributed by atoms with Gasteiger partial charge in [-0.2, -0.15) is 0 Å². The van der Waals surface area contributed by atoms with Crippen molar-refractivity contribution in [3.8, 4) is 5.75 Å². The Kier molecular flexibility index (Phi) is 7.53. The minimum Gasteiger partial charge on any atom is -0.489 e. The number of ether oxygens (including phenoxy) is 2. The molecule has 1 N–H and O–H groups in total. The topological polar surface area (TPSA) is 108 Å². The van der Waals surface area contributed by atoms with E-state index in [0.29, 0.717) is 12.4 Å². The fourth-order valence-corrected chi connectivity index (χ4v) is 3.08. The van der Waals surface area contributed by atoms with Crippen LogP contribution in [0.25, 0.3) is 0 Å². The lowest BCUT2D eigenvalue weighted by atomic mass is 10.0. The third-order valence-electron chi connectivity index (χ3n) is 4.70. The molecule has 0 heterocycles. The molecular weight excluding hydrogens is 412 g/mol. The maximum absolute atomic E-state index is 12.6. The summed E-state index contributed by atoms with van der Waals surface area (Å²) in [5.41, 5.74) is 1.64. The van der Waals surface area contributed by atoms with Crippen molar-refractivity contribution in [2.75, 3.05) is 7.11 Å². The van der Waals surface area contributed by atoms with E-state index in [1.807, 2.05) is 36.4 Å². The molecule has 164 valence electrons. The highest BCUT2D eigenvalue weighted by atomic mass is 16.6. The molecule has 0 unspecified atom stereocenters. The maximum atomic E-state index is 12.6. The highest BCUT2D eigenvalue weighted by Gasteiger charge is 2.23. The maximum Gasteiger partial charge on any atom is 0.328 e. The standard InChI is InChI=1S/C24H22N2O6/c1-31-24(28)22(25-23(27)19-10-6-11-20(15-19)26(29)30)14-18-9-5-12-21(13-18)32-16-17-7-3-2-4-8-17/h2-13,15,22H,14,16H2,1H3,(H,25,27)/t22-/m0/s1. The van der Waals surface area contributed by atoms with Crippen LogP contribution in [0.3, 0.4) is 0 Å². The summed E-state index contributed by atoms with van der Waals surface area (Å²) in [7, 11) is 1.23. The predicted molar refractivity (Wildman–Crippen MR) is 117 cm³/mol. The molecule has 0 aromatic heterocycles. The Balaban J connectivity index is 1.70. The molecule has 8 nitrogen and oxygen atoms in total. The van der Waals surface area contributed by atoms with Crippen molar-refractivity contribution in [2.45, 2.75) is 19.1 Å². The Labute approximate surface area is 184 Å². The Hall–Kier alpha value is -4.20. The first-order valence-electron chi connectivity index (χ1n) is 9.85. The zero-order chi connectivity index (χ0) is 22.9. The molecular formula is C24H22N2O6. The molecule has 3 aromatic carbocycles. The largest absolute Gasteiger partial charge is 0.489 e. The second kappa shape index (κ2) is 10.7. The van der Waals surface area contributed by atoms with Gasteiger partial charge in [-0.1, -0.05) is 48.5 Å². The van der Waals surface area contributed by atoms with E-state index in [-0.39, 0.29) is 17.7 Å². The molecule has 0 saturated heterocycles. The fraction of sp³-hybridized carbons (Fsp3) is 0.167. The minimum atomic E-state index is -0.976. The zero-order valence-electron chi connectivity index (χ0n) is 17.4. The van der Waals surface area contributed by atoms with Crippen molar-refractivity contribution in [1.29, 1.82) is 0 Å². The van der Waals surface area contributed by atoms with Gasteiger partial charge in [-0.05, 0) is 29.3 Å². The molecule has 0 saturated carbocycles. The van der Waals surface area contributed by atoms with Crippen molar-refractivity contribution in [3.05, 3.63) is 106 Å². The van der Waals surface area contributed by atoms with Crippen LogP contribution in [-0.2, 0) is 22.6 Å². The van der Waals surface area contributed by atoms with Crippen molar-refractivity contribution in [1.82, 2.24) is 5.32 Å². The summed E-state index contributed by atoms with van der Waals surface area (Å²) in [5.74, 6) is -0.611. The van der Waals surface area contributed by atoms with Crippen LogP contribution in [-0.4, -0.2) is 30.0 Å². The van der Waals surface area contributed by atoms with Gasteiger partial charge in [0.15, 0.2) is 0 Å². The number of rotatable bonds is 9. The molecule has 1 amide bonds. The van der Waals surface area contributed by atoms with Crippen LogP contribution in [0.2, 0.25) is 0 Å². The van der Waals surface area contributed by atoms with Crippen molar-refractivity contribution >= 4 is 17.6 Å². The summed E-state index contributed by atoms with van der Waals surface area (Å²) >= 11 is 0. The number of nitro groups is 1. The number of esters is 1. The molecule has 0 aliphatic carbocycles. The van der Waals surface area contributed by atoms with Crippen LogP contribution in [0.1, 0.15) is 21.5 Å². The number of hydrogen-bond acceptors (Lipinski definition) is 6. The lowest BCUT2D eigenvalue weighted by molar-refractivity contribution is -0.384. The van der Waals surface area contributed by atoms with Gasteiger partial charge in [-0.15, -0.1) is 0 Å². The Morgan fingerprint density at radius 1 is 0.969 bits per heavy atom. The smallest absolute Gasteiger partial charge is 0.328 e. The number of nitro benzene ring substituents is 1. The molecule has 3 rings (SSSR count). The van der Waals surface area contributed by atoms with Gasteiger partial charge in [0.2, 0.25) is 0 Å². The van der Waals surface area contributed by atoms with Gasteiger partial charge in [-0.3, -0.25) is 14.9 Å². The van der Waals surface area contributed by atoms with Gasteiger partial charge in [0, 0.05) is 24.1 Å². The van der Waals surface area contributed by atoms with Crippen molar-refractivity contribution in [2.24, 2.45) is 0 Å². The zero-order valence-corrected chi connectivity index (χ0v) is 17.4. The van der Waals surface area contributed by atoms with E-state index >= 15 is 0 Å². The molecule has 1 atom stereocenters. The summed E-state index contributed by atoms with van der Waals surface area (Å²) in [4.78, 5) is 35.2. The average molecular weight is 434 g/mol. The first kappa shape index (κ1) is 22.5. The molecule has 0 spiro atoms. The van der Waals surface area contributed by atoms with Crippen molar-refractivity contribution < 1.29 is 24.0 Å². The molecule has 8 heteroatoms. The number of nitrogens with zero attached hydrogens (tertiary/aromatic N) is 1. The van der Waals surface area contributed by atoms with E-state index in [1.165, 1.54) is 25.3 Å². The number of hydrogen-bond donors (Lipinski definition) is 1. The normalized spacial score (nSPS) is 11.3. The van der Waals surface area contributed by atoms with Crippen LogP contribution in [0.4, 0.5) is 5.69 Å². The van der Waals surface area contributed by atoms with Crippen LogP contribution >= 0.6 is 0 Å². The first-order chi connectivity index (χ1) is 15.5. The van der Waals surface area contributed by atoms with E-state index < -0.39 is 22.8 Å². The number of amides is 1. The SMILES string of the molecule is COC(=O)[C@H](Cc1cccc(OCc2ccccc2)c1)NC(=O)c1cccc([N+](=O)[O-])c1. The Bertz CT molecular complexity index is 1100.